The number of ether oxygens (including phenoxy) is 2. The summed E-state index contributed by atoms with van der Waals surface area (Å²) >= 11 is 0. The molecule has 0 spiro atoms. The third-order valence-electron chi connectivity index (χ3n) is 3.27. The zero-order chi connectivity index (χ0) is 16.8. The van der Waals surface area contributed by atoms with Crippen molar-refractivity contribution in [2.24, 2.45) is 5.73 Å². The number of aryl methyl sites for hydroxylation is 1. The number of carbonyl (C=O) groups excluding carboxylic acids is 1. The summed E-state index contributed by atoms with van der Waals surface area (Å²) < 4.78 is 15.7. The van der Waals surface area contributed by atoms with Gasteiger partial charge >= 0.3 is 5.63 Å². The lowest BCUT2D eigenvalue weighted by Gasteiger charge is -2.13. The van der Waals surface area contributed by atoms with Crippen molar-refractivity contribution in [1.29, 1.82) is 0 Å². The van der Waals surface area contributed by atoms with Crippen molar-refractivity contribution >= 4 is 16.9 Å². The number of hydrogen-bond acceptors (Lipinski definition) is 6. The number of nitrogens with one attached hydrogen (secondary N) is 1. The summed E-state index contributed by atoms with van der Waals surface area (Å²) in [7, 11) is 1.56. The SMILES string of the molecule is COCCOc1cc2oc(=O)cc(C)c2cc1C(=O)NCCN. The van der Waals surface area contributed by atoms with Gasteiger partial charge in [0.15, 0.2) is 0 Å². The number of fused-ring (bicyclic) bond motifs is 1. The van der Waals surface area contributed by atoms with Crippen molar-refractivity contribution in [2.45, 2.75) is 6.92 Å². The highest BCUT2D eigenvalue weighted by Gasteiger charge is 2.16. The van der Waals surface area contributed by atoms with E-state index < -0.39 is 5.63 Å². The molecular weight excluding hydrogens is 300 g/mol. The van der Waals surface area contributed by atoms with Gasteiger partial charge in [-0.05, 0) is 18.6 Å². The Morgan fingerprint density at radius 3 is 2.78 bits per heavy atom. The van der Waals surface area contributed by atoms with Crippen LogP contribution in [0, 0.1) is 6.92 Å². The zero-order valence-electron chi connectivity index (χ0n) is 13.2. The van der Waals surface area contributed by atoms with Gasteiger partial charge in [-0.15, -0.1) is 0 Å². The van der Waals surface area contributed by atoms with Crippen LogP contribution in [0.1, 0.15) is 15.9 Å². The second-order valence-corrected chi connectivity index (χ2v) is 4.98. The van der Waals surface area contributed by atoms with Gasteiger partial charge in [-0.25, -0.2) is 4.79 Å². The van der Waals surface area contributed by atoms with E-state index in [4.69, 9.17) is 19.6 Å². The van der Waals surface area contributed by atoms with E-state index in [1.165, 1.54) is 6.07 Å². The first-order chi connectivity index (χ1) is 11.1. The molecule has 7 heteroatoms. The first-order valence-corrected chi connectivity index (χ1v) is 7.25. The van der Waals surface area contributed by atoms with Gasteiger partial charge in [0.1, 0.15) is 17.9 Å². The van der Waals surface area contributed by atoms with E-state index in [2.05, 4.69) is 5.32 Å². The minimum Gasteiger partial charge on any atom is -0.490 e. The van der Waals surface area contributed by atoms with E-state index in [0.29, 0.717) is 42.0 Å². The summed E-state index contributed by atoms with van der Waals surface area (Å²) in [6.07, 6.45) is 0. The maximum atomic E-state index is 12.3. The lowest BCUT2D eigenvalue weighted by Crippen LogP contribution is -2.29. The summed E-state index contributed by atoms with van der Waals surface area (Å²) in [6, 6.07) is 4.59. The highest BCUT2D eigenvalue weighted by molar-refractivity contribution is 6.01. The van der Waals surface area contributed by atoms with Gasteiger partial charge in [0, 0.05) is 37.7 Å². The molecule has 0 atom stereocenters. The van der Waals surface area contributed by atoms with E-state index in [0.717, 1.165) is 5.56 Å². The lowest BCUT2D eigenvalue weighted by molar-refractivity contribution is 0.0947. The fraction of sp³-hybridized carbons (Fsp3) is 0.375. The molecule has 0 saturated heterocycles. The predicted octanol–water partition coefficient (Wildman–Crippen LogP) is 0.815. The summed E-state index contributed by atoms with van der Waals surface area (Å²) in [6.45, 7) is 3.13. The van der Waals surface area contributed by atoms with Crippen molar-refractivity contribution < 1.29 is 18.7 Å². The van der Waals surface area contributed by atoms with E-state index >= 15 is 0 Å². The van der Waals surface area contributed by atoms with Gasteiger partial charge in [-0.3, -0.25) is 4.79 Å². The summed E-state index contributed by atoms with van der Waals surface area (Å²) in [5.41, 5.74) is 6.43. The molecule has 2 aromatic rings. The number of carbonyl (C=O) groups is 1. The second kappa shape index (κ2) is 7.75. The number of hydrogen-bond donors (Lipinski definition) is 2. The monoisotopic (exact) mass is 320 g/mol. The van der Waals surface area contributed by atoms with Crippen LogP contribution >= 0.6 is 0 Å². The Hall–Kier alpha value is -2.38. The van der Waals surface area contributed by atoms with Crippen molar-refractivity contribution in [3.8, 4) is 5.75 Å². The second-order valence-electron chi connectivity index (χ2n) is 4.98. The highest BCUT2D eigenvalue weighted by Crippen LogP contribution is 2.27. The minimum atomic E-state index is -0.446. The number of rotatable bonds is 7. The number of amides is 1. The average Bonchev–Trinajstić information content (AvgIpc) is 2.52. The number of methoxy groups -OCH3 is 1. The smallest absolute Gasteiger partial charge is 0.336 e. The van der Waals surface area contributed by atoms with E-state index in [-0.39, 0.29) is 12.5 Å². The molecule has 1 aromatic heterocycles. The van der Waals surface area contributed by atoms with E-state index in [1.807, 2.05) is 0 Å². The van der Waals surface area contributed by atoms with Crippen LogP contribution in [0.2, 0.25) is 0 Å². The fourth-order valence-electron chi connectivity index (χ4n) is 2.16. The van der Waals surface area contributed by atoms with Gasteiger partial charge in [-0.2, -0.15) is 0 Å². The molecule has 0 aliphatic rings. The summed E-state index contributed by atoms with van der Waals surface area (Å²) in [4.78, 5) is 23.8. The molecule has 1 heterocycles. The molecule has 0 saturated carbocycles. The Kier molecular flexibility index (Phi) is 5.72. The average molecular weight is 320 g/mol. The van der Waals surface area contributed by atoms with Crippen molar-refractivity contribution in [3.05, 3.63) is 39.7 Å². The highest BCUT2D eigenvalue weighted by atomic mass is 16.5. The molecule has 7 nitrogen and oxygen atoms in total. The lowest BCUT2D eigenvalue weighted by atomic mass is 10.1. The molecule has 0 radical (unpaired) electrons. The van der Waals surface area contributed by atoms with Crippen molar-refractivity contribution in [1.82, 2.24) is 5.32 Å². The maximum Gasteiger partial charge on any atom is 0.336 e. The van der Waals surface area contributed by atoms with Crippen molar-refractivity contribution in [3.63, 3.8) is 0 Å². The van der Waals surface area contributed by atoms with Crippen LogP contribution in [0.5, 0.6) is 5.75 Å². The Morgan fingerprint density at radius 2 is 2.09 bits per heavy atom. The first kappa shape index (κ1) is 17.0. The van der Waals surface area contributed by atoms with Gasteiger partial charge < -0.3 is 24.9 Å². The molecule has 1 aromatic carbocycles. The molecule has 1 amide bonds. The van der Waals surface area contributed by atoms with Gasteiger partial charge in [0.2, 0.25) is 0 Å². The molecule has 2 rings (SSSR count). The van der Waals surface area contributed by atoms with Gasteiger partial charge in [0.05, 0.1) is 12.2 Å². The van der Waals surface area contributed by atoms with Crippen LogP contribution in [0.25, 0.3) is 11.0 Å². The number of benzene rings is 1. The fourth-order valence-corrected chi connectivity index (χ4v) is 2.16. The van der Waals surface area contributed by atoms with Crippen LogP contribution < -0.4 is 21.4 Å². The largest absolute Gasteiger partial charge is 0.490 e. The van der Waals surface area contributed by atoms with Crippen LogP contribution in [-0.4, -0.2) is 39.3 Å². The third kappa shape index (κ3) is 4.08. The van der Waals surface area contributed by atoms with Gasteiger partial charge in [-0.1, -0.05) is 0 Å². The molecule has 0 aliphatic carbocycles. The zero-order valence-corrected chi connectivity index (χ0v) is 13.2. The standard InChI is InChI=1S/C16H20N2O5/c1-10-7-15(19)23-14-9-13(22-6-5-21-2)12(8-11(10)14)16(20)18-4-3-17/h7-9H,3-6,17H2,1-2H3,(H,18,20). The molecule has 0 fully saturated rings. The Morgan fingerprint density at radius 1 is 1.30 bits per heavy atom. The Labute approximate surface area is 133 Å². The summed E-state index contributed by atoms with van der Waals surface area (Å²) in [5, 5.41) is 3.39. The molecule has 0 unspecified atom stereocenters. The number of nitrogens with two attached hydrogens (primary N) is 1. The normalized spacial score (nSPS) is 10.7. The molecule has 3 N–H and O–H groups in total. The van der Waals surface area contributed by atoms with Crippen LogP contribution in [0.15, 0.2) is 27.4 Å². The van der Waals surface area contributed by atoms with E-state index in [1.54, 1.807) is 26.2 Å². The molecular formula is C16H20N2O5. The summed E-state index contributed by atoms with van der Waals surface area (Å²) in [5.74, 6) is 0.0354. The Balaban J connectivity index is 2.48. The Bertz CT molecular complexity index is 754. The minimum absolute atomic E-state index is 0.273. The van der Waals surface area contributed by atoms with Crippen LogP contribution in [-0.2, 0) is 4.74 Å². The topological polar surface area (TPSA) is 104 Å². The van der Waals surface area contributed by atoms with Gasteiger partial charge in [0.25, 0.3) is 5.91 Å². The van der Waals surface area contributed by atoms with Crippen LogP contribution in [0.4, 0.5) is 0 Å². The predicted molar refractivity (Wildman–Crippen MR) is 86.0 cm³/mol. The maximum absolute atomic E-state index is 12.3. The third-order valence-corrected chi connectivity index (χ3v) is 3.27. The van der Waals surface area contributed by atoms with Crippen LogP contribution in [0.3, 0.4) is 0 Å². The molecule has 0 aliphatic heterocycles. The van der Waals surface area contributed by atoms with Crippen molar-refractivity contribution in [2.75, 3.05) is 33.4 Å². The van der Waals surface area contributed by atoms with E-state index in [9.17, 15) is 9.59 Å². The molecule has 124 valence electrons. The molecule has 23 heavy (non-hydrogen) atoms. The first-order valence-electron chi connectivity index (χ1n) is 7.25. The quantitative estimate of drug-likeness (QED) is 0.578. The molecule has 0 bridgehead atoms.